The highest BCUT2D eigenvalue weighted by molar-refractivity contribution is 6.07. The van der Waals surface area contributed by atoms with E-state index in [0.717, 1.165) is 11.4 Å². The number of fused-ring (bicyclic) bond motifs is 7. The average Bonchev–Trinajstić information content (AvgIpc) is 3.77. The fraction of sp³-hybridized carbons (Fsp3) is 0.161. The molecule has 0 amide bonds. The van der Waals surface area contributed by atoms with Gasteiger partial charge in [-0.15, -0.1) is 0 Å². The molecule has 0 heterocycles. The molecule has 0 spiro atoms. The molecule has 1 unspecified atom stereocenters. The fourth-order valence-electron chi connectivity index (χ4n) is 11.9. The van der Waals surface area contributed by atoms with E-state index in [-0.39, 0.29) is 5.41 Å². The second kappa shape index (κ2) is 14.8. The standard InChI is InChI=1S/C62H51N/c1-61(2)56-31-16-14-29-52(56)54-37-34-48(40-58(54)61)63(60-50-28-13-12-23-44(50)33-36-51(60)43-21-8-4-9-22-43)49-35-38-55-53-30-15-17-32-57(53)62(59(55)41-49,46-25-10-5-11-26-46)47-27-18-24-45(39-47)42-19-6-3-7-20-42/h4-5,8-18,21-42H,3,6-7,19-20H2,1-2H3. The van der Waals surface area contributed by atoms with Gasteiger partial charge in [-0.1, -0.05) is 215 Å². The smallest absolute Gasteiger partial charge is 0.0714 e. The Bertz CT molecular complexity index is 3190. The Morgan fingerprint density at radius 1 is 0.413 bits per heavy atom. The second-order valence-corrected chi connectivity index (χ2v) is 18.6. The molecule has 0 saturated heterocycles. The molecule has 304 valence electrons. The first-order valence-electron chi connectivity index (χ1n) is 23.0. The summed E-state index contributed by atoms with van der Waals surface area (Å²) >= 11 is 0. The van der Waals surface area contributed by atoms with Crippen LogP contribution in [-0.2, 0) is 10.8 Å². The highest BCUT2D eigenvalue weighted by Crippen LogP contribution is 2.59. The number of nitrogens with zero attached hydrogens (tertiary/aromatic N) is 1. The van der Waals surface area contributed by atoms with E-state index in [9.17, 15) is 0 Å². The molecule has 3 aliphatic carbocycles. The van der Waals surface area contributed by atoms with Crippen molar-refractivity contribution in [3.05, 3.63) is 245 Å². The number of anilines is 3. The number of rotatable bonds is 7. The van der Waals surface area contributed by atoms with Crippen molar-refractivity contribution >= 4 is 27.8 Å². The molecule has 0 aromatic heterocycles. The second-order valence-electron chi connectivity index (χ2n) is 18.6. The summed E-state index contributed by atoms with van der Waals surface area (Å²) in [5.41, 5.74) is 20.0. The number of hydrogen-bond acceptors (Lipinski definition) is 1. The SMILES string of the molecule is CC1(C)c2ccccc2-c2ccc(N(c3ccc4c(c3)C(c3ccccc3)(c3cccc(C5CCCCC5)c3)c3ccccc3-4)c3c(-c4ccccc4)ccc4ccccc34)cc21. The van der Waals surface area contributed by atoms with Gasteiger partial charge in [0.1, 0.15) is 0 Å². The first-order chi connectivity index (χ1) is 31.0. The van der Waals surface area contributed by atoms with Crippen molar-refractivity contribution in [1.29, 1.82) is 0 Å². The van der Waals surface area contributed by atoms with Gasteiger partial charge in [-0.25, -0.2) is 0 Å². The lowest BCUT2D eigenvalue weighted by Crippen LogP contribution is -2.29. The van der Waals surface area contributed by atoms with Gasteiger partial charge in [0.15, 0.2) is 0 Å². The van der Waals surface area contributed by atoms with Gasteiger partial charge in [0.05, 0.1) is 11.1 Å². The lowest BCUT2D eigenvalue weighted by molar-refractivity contribution is 0.443. The Balaban J connectivity index is 1.16. The maximum absolute atomic E-state index is 2.58. The highest BCUT2D eigenvalue weighted by Gasteiger charge is 2.47. The maximum atomic E-state index is 2.58. The van der Waals surface area contributed by atoms with Crippen molar-refractivity contribution in [1.82, 2.24) is 0 Å². The fourth-order valence-corrected chi connectivity index (χ4v) is 11.9. The number of hydrogen-bond donors (Lipinski definition) is 0. The van der Waals surface area contributed by atoms with Crippen LogP contribution in [0, 0.1) is 0 Å². The first kappa shape index (κ1) is 37.8. The van der Waals surface area contributed by atoms with Crippen molar-refractivity contribution in [3.63, 3.8) is 0 Å². The summed E-state index contributed by atoms with van der Waals surface area (Å²) in [6, 6.07) is 78.4. The van der Waals surface area contributed by atoms with Crippen LogP contribution in [0.1, 0.15) is 90.8 Å². The predicted octanol–water partition coefficient (Wildman–Crippen LogP) is 16.7. The van der Waals surface area contributed by atoms with Gasteiger partial charge in [0, 0.05) is 27.7 Å². The van der Waals surface area contributed by atoms with Gasteiger partial charge in [-0.2, -0.15) is 0 Å². The van der Waals surface area contributed by atoms with E-state index in [2.05, 4.69) is 225 Å². The van der Waals surface area contributed by atoms with E-state index >= 15 is 0 Å². The molecule has 63 heavy (non-hydrogen) atoms. The molecule has 1 heteroatoms. The minimum Gasteiger partial charge on any atom is -0.309 e. The van der Waals surface area contributed by atoms with Crippen LogP contribution in [0.5, 0.6) is 0 Å². The zero-order chi connectivity index (χ0) is 42.1. The Morgan fingerprint density at radius 2 is 0.984 bits per heavy atom. The van der Waals surface area contributed by atoms with Crippen molar-refractivity contribution in [2.45, 2.75) is 62.7 Å². The minimum absolute atomic E-state index is 0.153. The van der Waals surface area contributed by atoms with Crippen LogP contribution in [-0.4, -0.2) is 0 Å². The molecule has 1 atom stereocenters. The van der Waals surface area contributed by atoms with Crippen LogP contribution in [0.25, 0.3) is 44.2 Å². The summed E-state index contributed by atoms with van der Waals surface area (Å²) in [7, 11) is 0. The van der Waals surface area contributed by atoms with Crippen LogP contribution in [0.3, 0.4) is 0 Å². The lowest BCUT2D eigenvalue weighted by atomic mass is 9.67. The molecule has 3 aliphatic rings. The zero-order valence-electron chi connectivity index (χ0n) is 36.2. The van der Waals surface area contributed by atoms with Crippen molar-refractivity contribution in [2.24, 2.45) is 0 Å². The van der Waals surface area contributed by atoms with Gasteiger partial charge in [-0.05, 0) is 115 Å². The van der Waals surface area contributed by atoms with Gasteiger partial charge in [0.25, 0.3) is 0 Å². The van der Waals surface area contributed by atoms with Crippen LogP contribution >= 0.6 is 0 Å². The predicted molar refractivity (Wildman–Crippen MR) is 265 cm³/mol. The maximum Gasteiger partial charge on any atom is 0.0714 e. The largest absolute Gasteiger partial charge is 0.309 e. The summed E-state index contributed by atoms with van der Waals surface area (Å²) in [6.07, 6.45) is 6.52. The molecule has 0 radical (unpaired) electrons. The number of benzene rings is 9. The highest BCUT2D eigenvalue weighted by atomic mass is 15.1. The Kier molecular flexibility index (Phi) is 8.90. The van der Waals surface area contributed by atoms with Gasteiger partial charge >= 0.3 is 0 Å². The Labute approximate surface area is 372 Å². The molecule has 0 bridgehead atoms. The first-order valence-corrected chi connectivity index (χ1v) is 23.0. The normalized spacial score (nSPS) is 17.2. The zero-order valence-corrected chi connectivity index (χ0v) is 36.2. The molecule has 9 aromatic rings. The molecule has 9 aromatic carbocycles. The molecule has 1 nitrogen and oxygen atoms in total. The van der Waals surface area contributed by atoms with E-state index in [1.807, 2.05) is 0 Å². The van der Waals surface area contributed by atoms with Crippen LogP contribution in [0.2, 0.25) is 0 Å². The third-order valence-electron chi connectivity index (χ3n) is 14.9. The van der Waals surface area contributed by atoms with Crippen molar-refractivity contribution in [3.8, 4) is 33.4 Å². The molecule has 0 N–H and O–H groups in total. The third-order valence-corrected chi connectivity index (χ3v) is 14.9. The van der Waals surface area contributed by atoms with Crippen molar-refractivity contribution < 1.29 is 0 Å². The molecule has 12 rings (SSSR count). The topological polar surface area (TPSA) is 3.24 Å². The summed E-state index contributed by atoms with van der Waals surface area (Å²) in [5, 5.41) is 2.44. The molecule has 0 aliphatic heterocycles. The van der Waals surface area contributed by atoms with E-state index in [1.54, 1.807) is 0 Å². The van der Waals surface area contributed by atoms with Crippen LogP contribution in [0.15, 0.2) is 206 Å². The third kappa shape index (κ3) is 5.83. The van der Waals surface area contributed by atoms with Gasteiger partial charge in [-0.3, -0.25) is 0 Å². The summed E-state index contributed by atoms with van der Waals surface area (Å²) in [5.74, 6) is 0.599. The summed E-state index contributed by atoms with van der Waals surface area (Å²) in [6.45, 7) is 4.78. The summed E-state index contributed by atoms with van der Waals surface area (Å²) < 4.78 is 0. The molecular weight excluding hydrogens is 759 g/mol. The average molecular weight is 810 g/mol. The Hall–Kier alpha value is -6.96. The van der Waals surface area contributed by atoms with E-state index in [4.69, 9.17) is 0 Å². The molecule has 1 saturated carbocycles. The van der Waals surface area contributed by atoms with Crippen LogP contribution in [0.4, 0.5) is 17.1 Å². The summed E-state index contributed by atoms with van der Waals surface area (Å²) in [4.78, 5) is 2.58. The van der Waals surface area contributed by atoms with Crippen LogP contribution < -0.4 is 4.90 Å². The minimum atomic E-state index is -0.526. The quantitative estimate of drug-likeness (QED) is 0.155. The van der Waals surface area contributed by atoms with Gasteiger partial charge < -0.3 is 4.90 Å². The van der Waals surface area contributed by atoms with E-state index < -0.39 is 5.41 Å². The van der Waals surface area contributed by atoms with Gasteiger partial charge in [0.2, 0.25) is 0 Å². The van der Waals surface area contributed by atoms with E-state index in [1.165, 1.54) is 121 Å². The Morgan fingerprint density at radius 3 is 1.75 bits per heavy atom. The monoisotopic (exact) mass is 809 g/mol. The lowest BCUT2D eigenvalue weighted by Gasteiger charge is -2.36. The molecular formula is C62H51N. The van der Waals surface area contributed by atoms with E-state index in [0.29, 0.717) is 5.92 Å². The van der Waals surface area contributed by atoms with Crippen molar-refractivity contribution in [2.75, 3.05) is 4.90 Å². The molecule has 1 fully saturated rings.